The number of nitrogens with one attached hydrogen (secondary N) is 2. The number of benzene rings is 2. The summed E-state index contributed by atoms with van der Waals surface area (Å²) in [7, 11) is 0. The summed E-state index contributed by atoms with van der Waals surface area (Å²) in [6, 6.07) is 19.0. The second-order valence-corrected chi connectivity index (χ2v) is 6.69. The lowest BCUT2D eigenvalue weighted by Crippen LogP contribution is -2.24. The molecular weight excluding hydrogens is 374 g/mol. The van der Waals surface area contributed by atoms with Crippen LogP contribution in [-0.4, -0.2) is 17.4 Å². The molecule has 0 unspecified atom stereocenters. The second-order valence-electron chi connectivity index (χ2n) is 6.25. The molecule has 0 fully saturated rings. The maximum atomic E-state index is 11.9. The van der Waals surface area contributed by atoms with Gasteiger partial charge < -0.3 is 15.4 Å². The van der Waals surface area contributed by atoms with Gasteiger partial charge in [0.1, 0.15) is 12.4 Å². The first kappa shape index (κ1) is 19.7. The Kier molecular flexibility index (Phi) is 7.27. The number of hydrogen-bond donors (Lipinski definition) is 2. The molecule has 3 rings (SSSR count). The van der Waals surface area contributed by atoms with E-state index in [4.69, 9.17) is 16.3 Å². The van der Waals surface area contributed by atoms with Crippen LogP contribution < -0.4 is 15.4 Å². The molecule has 0 saturated carbocycles. The topological polar surface area (TPSA) is 63.2 Å². The van der Waals surface area contributed by atoms with Gasteiger partial charge in [-0.25, -0.2) is 0 Å². The van der Waals surface area contributed by atoms with E-state index in [0.29, 0.717) is 31.1 Å². The van der Waals surface area contributed by atoms with Crippen LogP contribution >= 0.6 is 11.6 Å². The Labute approximate surface area is 169 Å². The zero-order valence-corrected chi connectivity index (χ0v) is 16.2. The van der Waals surface area contributed by atoms with Gasteiger partial charge in [-0.05, 0) is 53.6 Å². The molecule has 0 aliphatic rings. The number of pyridine rings is 1. The Morgan fingerprint density at radius 2 is 1.79 bits per heavy atom. The molecule has 28 heavy (non-hydrogen) atoms. The fourth-order valence-electron chi connectivity index (χ4n) is 2.53. The van der Waals surface area contributed by atoms with Crippen LogP contribution in [0.25, 0.3) is 0 Å². The quantitative estimate of drug-likeness (QED) is 0.562. The van der Waals surface area contributed by atoms with Gasteiger partial charge in [0.05, 0.1) is 0 Å². The van der Waals surface area contributed by atoms with Crippen molar-refractivity contribution in [3.63, 3.8) is 0 Å². The Morgan fingerprint density at radius 1 is 1.00 bits per heavy atom. The highest BCUT2D eigenvalue weighted by Crippen LogP contribution is 2.18. The number of ether oxygens (including phenoxy) is 1. The summed E-state index contributed by atoms with van der Waals surface area (Å²) in [6.45, 7) is 1.54. The van der Waals surface area contributed by atoms with Crippen molar-refractivity contribution < 1.29 is 9.53 Å². The summed E-state index contributed by atoms with van der Waals surface area (Å²) < 4.78 is 5.76. The first-order valence-corrected chi connectivity index (χ1v) is 9.43. The van der Waals surface area contributed by atoms with Crippen LogP contribution in [0.5, 0.6) is 5.75 Å². The number of anilines is 1. The number of aromatic nitrogens is 1. The lowest BCUT2D eigenvalue weighted by Gasteiger charge is -2.10. The van der Waals surface area contributed by atoms with Crippen molar-refractivity contribution >= 4 is 23.2 Å². The predicted molar refractivity (Wildman–Crippen MR) is 111 cm³/mol. The SMILES string of the molecule is O=C(CCNc1ccc(OCc2ccc(Cl)cc2)cc1)NCc1cccnc1. The van der Waals surface area contributed by atoms with Crippen molar-refractivity contribution in [3.8, 4) is 5.75 Å². The first-order chi connectivity index (χ1) is 13.7. The number of carbonyl (C=O) groups is 1. The molecule has 1 heterocycles. The molecule has 0 bridgehead atoms. The molecule has 1 aromatic heterocycles. The van der Waals surface area contributed by atoms with E-state index in [9.17, 15) is 4.79 Å². The number of nitrogens with zero attached hydrogens (tertiary/aromatic N) is 1. The van der Waals surface area contributed by atoms with Crippen molar-refractivity contribution in [2.75, 3.05) is 11.9 Å². The number of amides is 1. The van der Waals surface area contributed by atoms with Crippen LogP contribution in [0.2, 0.25) is 5.02 Å². The Hall–Kier alpha value is -3.05. The molecule has 2 N–H and O–H groups in total. The number of hydrogen-bond acceptors (Lipinski definition) is 4. The van der Waals surface area contributed by atoms with E-state index in [1.807, 2.05) is 60.7 Å². The normalized spacial score (nSPS) is 10.3. The van der Waals surface area contributed by atoms with E-state index in [1.165, 1.54) is 0 Å². The van der Waals surface area contributed by atoms with E-state index < -0.39 is 0 Å². The van der Waals surface area contributed by atoms with Crippen molar-refractivity contribution in [1.29, 1.82) is 0 Å². The fraction of sp³-hybridized carbons (Fsp3) is 0.182. The van der Waals surface area contributed by atoms with Gasteiger partial charge in [0.25, 0.3) is 0 Å². The zero-order valence-electron chi connectivity index (χ0n) is 15.4. The minimum atomic E-state index is -0.000675. The van der Waals surface area contributed by atoms with E-state index in [0.717, 1.165) is 22.6 Å². The Morgan fingerprint density at radius 3 is 2.50 bits per heavy atom. The number of carbonyl (C=O) groups excluding carboxylic acids is 1. The van der Waals surface area contributed by atoms with Gasteiger partial charge in [-0.2, -0.15) is 0 Å². The average Bonchev–Trinajstić information content (AvgIpc) is 2.73. The molecule has 0 saturated heterocycles. The molecule has 0 spiro atoms. The summed E-state index contributed by atoms with van der Waals surface area (Å²) in [5.41, 5.74) is 2.99. The molecule has 6 heteroatoms. The van der Waals surface area contributed by atoms with Crippen LogP contribution in [0.15, 0.2) is 73.1 Å². The highest BCUT2D eigenvalue weighted by atomic mass is 35.5. The first-order valence-electron chi connectivity index (χ1n) is 9.06. The maximum absolute atomic E-state index is 11.9. The third-order valence-corrected chi connectivity index (χ3v) is 4.32. The third-order valence-electron chi connectivity index (χ3n) is 4.07. The third kappa shape index (κ3) is 6.59. The molecule has 0 aliphatic heterocycles. The molecule has 0 aliphatic carbocycles. The van der Waals surface area contributed by atoms with Crippen LogP contribution in [0.1, 0.15) is 17.5 Å². The van der Waals surface area contributed by atoms with Crippen LogP contribution in [0.4, 0.5) is 5.69 Å². The standard InChI is InChI=1S/C22H22ClN3O2/c23-19-5-3-17(4-6-19)16-28-21-9-7-20(8-10-21)25-13-11-22(27)26-15-18-2-1-12-24-14-18/h1-10,12,14,25H,11,13,15-16H2,(H,26,27). The smallest absolute Gasteiger partial charge is 0.222 e. The maximum Gasteiger partial charge on any atom is 0.222 e. The van der Waals surface area contributed by atoms with Gasteiger partial charge in [-0.1, -0.05) is 29.8 Å². The van der Waals surface area contributed by atoms with Crippen molar-refractivity contribution in [1.82, 2.24) is 10.3 Å². The molecule has 2 aromatic carbocycles. The van der Waals surface area contributed by atoms with Crippen molar-refractivity contribution in [3.05, 3.63) is 89.2 Å². The monoisotopic (exact) mass is 395 g/mol. The molecule has 0 radical (unpaired) electrons. The molecule has 5 nitrogen and oxygen atoms in total. The fourth-order valence-corrected chi connectivity index (χ4v) is 2.65. The van der Waals surface area contributed by atoms with Gasteiger partial charge in [0.2, 0.25) is 5.91 Å². The predicted octanol–water partition coefficient (Wildman–Crippen LogP) is 4.43. The number of halogens is 1. The minimum absolute atomic E-state index is 0.000675. The van der Waals surface area contributed by atoms with Crippen LogP contribution in [0.3, 0.4) is 0 Å². The summed E-state index contributed by atoms with van der Waals surface area (Å²) in [5.74, 6) is 0.786. The van der Waals surface area contributed by atoms with Crippen molar-refractivity contribution in [2.45, 2.75) is 19.6 Å². The Balaban J connectivity index is 1.35. The molecule has 1 amide bonds. The van der Waals surface area contributed by atoms with Crippen molar-refractivity contribution in [2.24, 2.45) is 0 Å². The highest BCUT2D eigenvalue weighted by molar-refractivity contribution is 6.30. The van der Waals surface area contributed by atoms with Gasteiger partial charge >= 0.3 is 0 Å². The van der Waals surface area contributed by atoms with Gasteiger partial charge in [0.15, 0.2) is 0 Å². The zero-order chi connectivity index (χ0) is 19.6. The van der Waals surface area contributed by atoms with E-state index >= 15 is 0 Å². The molecule has 0 atom stereocenters. The van der Waals surface area contributed by atoms with Crippen LogP contribution in [-0.2, 0) is 17.9 Å². The summed E-state index contributed by atoms with van der Waals surface area (Å²) in [4.78, 5) is 15.9. The molecular formula is C22H22ClN3O2. The van der Waals surface area contributed by atoms with E-state index in [1.54, 1.807) is 12.4 Å². The van der Waals surface area contributed by atoms with Crippen LogP contribution in [0, 0.1) is 0 Å². The summed E-state index contributed by atoms with van der Waals surface area (Å²) in [6.07, 6.45) is 3.85. The lowest BCUT2D eigenvalue weighted by atomic mass is 10.2. The highest BCUT2D eigenvalue weighted by Gasteiger charge is 2.02. The van der Waals surface area contributed by atoms with E-state index in [2.05, 4.69) is 15.6 Å². The minimum Gasteiger partial charge on any atom is -0.489 e. The summed E-state index contributed by atoms with van der Waals surface area (Å²) in [5, 5.41) is 6.83. The summed E-state index contributed by atoms with van der Waals surface area (Å²) >= 11 is 5.88. The molecule has 3 aromatic rings. The lowest BCUT2D eigenvalue weighted by molar-refractivity contribution is -0.121. The van der Waals surface area contributed by atoms with Gasteiger partial charge in [0, 0.05) is 42.6 Å². The Bertz CT molecular complexity index is 869. The van der Waals surface area contributed by atoms with Gasteiger partial charge in [-0.3, -0.25) is 9.78 Å². The molecule has 144 valence electrons. The van der Waals surface area contributed by atoms with Gasteiger partial charge in [-0.15, -0.1) is 0 Å². The second kappa shape index (κ2) is 10.3. The van der Waals surface area contributed by atoms with E-state index in [-0.39, 0.29) is 5.91 Å². The largest absolute Gasteiger partial charge is 0.489 e. The number of rotatable bonds is 9. The average molecular weight is 396 g/mol.